The van der Waals surface area contributed by atoms with E-state index in [9.17, 15) is 0 Å². The molecule has 6 heteroatoms. The van der Waals surface area contributed by atoms with Crippen LogP contribution in [0.25, 0.3) is 0 Å². The number of piperidine rings is 1. The molecule has 102 valence electrons. The topological polar surface area (TPSA) is 58.5 Å². The molecular weight excluding hydrogens is 250 g/mol. The summed E-state index contributed by atoms with van der Waals surface area (Å²) in [6.45, 7) is 4.64. The minimum Gasteiger partial charge on any atom is -0.394 e. The number of hydrogen-bond donors (Lipinski definition) is 1. The minimum atomic E-state index is 0.108. The number of aliphatic hydroxyl groups excluding tert-OH is 1. The highest BCUT2D eigenvalue weighted by atomic mass is 32.1. The van der Waals surface area contributed by atoms with Crippen molar-refractivity contribution < 1.29 is 9.84 Å². The van der Waals surface area contributed by atoms with Gasteiger partial charge in [-0.05, 0) is 19.3 Å². The number of aryl methyl sites for hydroxylation is 1. The van der Waals surface area contributed by atoms with E-state index in [0.29, 0.717) is 6.61 Å². The molecular formula is C12H21N3O2S. The summed E-state index contributed by atoms with van der Waals surface area (Å²) in [6, 6.07) is 0. The first-order valence-electron chi connectivity index (χ1n) is 6.63. The quantitative estimate of drug-likeness (QED) is 0.849. The van der Waals surface area contributed by atoms with E-state index in [1.54, 1.807) is 0 Å². The lowest BCUT2D eigenvalue weighted by atomic mass is 10.1. The summed E-state index contributed by atoms with van der Waals surface area (Å²) in [7, 11) is 0. The molecule has 0 atom stereocenters. The third kappa shape index (κ3) is 3.63. The Morgan fingerprint density at radius 3 is 2.89 bits per heavy atom. The van der Waals surface area contributed by atoms with Gasteiger partial charge in [0.1, 0.15) is 5.82 Å². The van der Waals surface area contributed by atoms with Crippen molar-refractivity contribution in [3.63, 3.8) is 0 Å². The molecule has 18 heavy (non-hydrogen) atoms. The molecule has 5 nitrogen and oxygen atoms in total. The van der Waals surface area contributed by atoms with E-state index in [-0.39, 0.29) is 12.7 Å². The number of aliphatic hydroxyl groups is 1. The van der Waals surface area contributed by atoms with Crippen LogP contribution < -0.4 is 4.90 Å². The van der Waals surface area contributed by atoms with Crippen LogP contribution in [0.15, 0.2) is 0 Å². The number of anilines is 1. The molecule has 1 aliphatic rings. The van der Waals surface area contributed by atoms with Crippen molar-refractivity contribution in [2.75, 3.05) is 31.2 Å². The van der Waals surface area contributed by atoms with Crippen molar-refractivity contribution in [1.82, 2.24) is 9.36 Å². The molecule has 1 aliphatic heterocycles. The maximum atomic E-state index is 8.73. The summed E-state index contributed by atoms with van der Waals surface area (Å²) in [5.41, 5.74) is 0. The summed E-state index contributed by atoms with van der Waals surface area (Å²) < 4.78 is 9.93. The van der Waals surface area contributed by atoms with Crippen LogP contribution in [0, 0.1) is 0 Å². The first-order valence-corrected chi connectivity index (χ1v) is 7.40. The van der Waals surface area contributed by atoms with E-state index in [0.717, 1.165) is 49.7 Å². The van der Waals surface area contributed by atoms with Gasteiger partial charge in [0.25, 0.3) is 0 Å². The second kappa shape index (κ2) is 7.01. The van der Waals surface area contributed by atoms with Crippen LogP contribution in [0.2, 0.25) is 0 Å². The van der Waals surface area contributed by atoms with Crippen molar-refractivity contribution >= 4 is 16.7 Å². The van der Waals surface area contributed by atoms with Crippen LogP contribution in [0.4, 0.5) is 5.13 Å². The molecule has 0 bridgehead atoms. The number of ether oxygens (including phenoxy) is 1. The van der Waals surface area contributed by atoms with E-state index in [2.05, 4.69) is 21.2 Å². The first-order chi connectivity index (χ1) is 8.83. The zero-order chi connectivity index (χ0) is 12.8. The summed E-state index contributed by atoms with van der Waals surface area (Å²) >= 11 is 1.50. The lowest BCUT2D eigenvalue weighted by molar-refractivity contribution is 0.0159. The van der Waals surface area contributed by atoms with Crippen LogP contribution in [-0.4, -0.2) is 46.9 Å². The van der Waals surface area contributed by atoms with Crippen LogP contribution in [0.3, 0.4) is 0 Å². The highest BCUT2D eigenvalue weighted by Crippen LogP contribution is 2.23. The van der Waals surface area contributed by atoms with E-state index >= 15 is 0 Å². The molecule has 0 saturated carbocycles. The zero-order valence-corrected chi connectivity index (χ0v) is 11.7. The van der Waals surface area contributed by atoms with Crippen LogP contribution in [0.5, 0.6) is 0 Å². The second-order valence-electron chi connectivity index (χ2n) is 4.52. The molecule has 2 heterocycles. The van der Waals surface area contributed by atoms with Crippen LogP contribution in [0.1, 0.15) is 32.0 Å². The Balaban J connectivity index is 1.81. The Labute approximate surface area is 112 Å². The van der Waals surface area contributed by atoms with Crippen molar-refractivity contribution in [2.45, 2.75) is 38.7 Å². The predicted molar refractivity (Wildman–Crippen MR) is 72.2 cm³/mol. The highest BCUT2D eigenvalue weighted by molar-refractivity contribution is 7.09. The third-order valence-corrected chi connectivity index (χ3v) is 3.90. The Bertz CT molecular complexity index is 351. The fraction of sp³-hybridized carbons (Fsp3) is 0.833. The molecule has 1 saturated heterocycles. The molecule has 1 fully saturated rings. The molecule has 0 aromatic carbocycles. The molecule has 1 N–H and O–H groups in total. The fourth-order valence-electron chi connectivity index (χ4n) is 2.13. The van der Waals surface area contributed by atoms with E-state index in [1.165, 1.54) is 11.5 Å². The Hall–Kier alpha value is -0.720. The van der Waals surface area contributed by atoms with Crippen molar-refractivity contribution in [3.8, 4) is 0 Å². The Morgan fingerprint density at radius 2 is 2.22 bits per heavy atom. The van der Waals surface area contributed by atoms with Gasteiger partial charge in [-0.2, -0.15) is 4.37 Å². The minimum absolute atomic E-state index is 0.108. The molecule has 2 rings (SSSR count). The fourth-order valence-corrected chi connectivity index (χ4v) is 2.89. The third-order valence-electron chi connectivity index (χ3n) is 3.09. The summed E-state index contributed by atoms with van der Waals surface area (Å²) in [6.07, 6.45) is 4.35. The van der Waals surface area contributed by atoms with E-state index in [1.807, 2.05) is 0 Å². The number of hydrogen-bond acceptors (Lipinski definition) is 6. The standard InChI is InChI=1S/C12H21N3O2S/c1-2-3-11-13-12(18-14-11)15-6-4-10(5-7-15)17-9-8-16/h10,16H,2-9H2,1H3. The maximum Gasteiger partial charge on any atom is 0.205 e. The molecule has 0 unspecified atom stereocenters. The van der Waals surface area contributed by atoms with Gasteiger partial charge in [0.15, 0.2) is 0 Å². The second-order valence-corrected chi connectivity index (χ2v) is 5.25. The molecule has 0 aliphatic carbocycles. The van der Waals surface area contributed by atoms with Gasteiger partial charge in [0, 0.05) is 31.0 Å². The number of aromatic nitrogens is 2. The van der Waals surface area contributed by atoms with Crippen molar-refractivity contribution in [1.29, 1.82) is 0 Å². The normalized spacial score (nSPS) is 17.3. The molecule has 0 amide bonds. The smallest absolute Gasteiger partial charge is 0.205 e. The average Bonchev–Trinajstić information content (AvgIpc) is 2.86. The maximum absolute atomic E-state index is 8.73. The monoisotopic (exact) mass is 271 g/mol. The number of rotatable bonds is 6. The van der Waals surface area contributed by atoms with Gasteiger partial charge in [-0.25, -0.2) is 4.98 Å². The zero-order valence-electron chi connectivity index (χ0n) is 10.8. The lowest BCUT2D eigenvalue weighted by Gasteiger charge is -2.31. The SMILES string of the molecule is CCCc1nsc(N2CCC(OCCO)CC2)n1. The van der Waals surface area contributed by atoms with Gasteiger partial charge in [0.2, 0.25) is 5.13 Å². The van der Waals surface area contributed by atoms with Gasteiger partial charge in [-0.3, -0.25) is 0 Å². The average molecular weight is 271 g/mol. The first kappa shape index (κ1) is 13.7. The highest BCUT2D eigenvalue weighted by Gasteiger charge is 2.21. The summed E-state index contributed by atoms with van der Waals surface area (Å²) in [5.74, 6) is 0.969. The number of nitrogens with zero attached hydrogens (tertiary/aromatic N) is 3. The molecule has 1 aromatic heterocycles. The summed E-state index contributed by atoms with van der Waals surface area (Å²) in [4.78, 5) is 6.85. The summed E-state index contributed by atoms with van der Waals surface area (Å²) in [5, 5.41) is 9.77. The largest absolute Gasteiger partial charge is 0.394 e. The van der Waals surface area contributed by atoms with Crippen molar-refractivity contribution in [2.24, 2.45) is 0 Å². The van der Waals surface area contributed by atoms with Crippen LogP contribution >= 0.6 is 11.5 Å². The van der Waals surface area contributed by atoms with Gasteiger partial charge in [0.05, 0.1) is 19.3 Å². The van der Waals surface area contributed by atoms with Crippen LogP contribution in [-0.2, 0) is 11.2 Å². The molecule has 0 spiro atoms. The molecule has 1 aromatic rings. The van der Waals surface area contributed by atoms with Gasteiger partial charge >= 0.3 is 0 Å². The van der Waals surface area contributed by atoms with Gasteiger partial charge in [-0.15, -0.1) is 0 Å². The Morgan fingerprint density at radius 1 is 1.44 bits per heavy atom. The van der Waals surface area contributed by atoms with Gasteiger partial charge < -0.3 is 14.7 Å². The van der Waals surface area contributed by atoms with E-state index < -0.39 is 0 Å². The molecule has 0 radical (unpaired) electrons. The van der Waals surface area contributed by atoms with E-state index in [4.69, 9.17) is 9.84 Å². The Kier molecular flexibility index (Phi) is 5.34. The lowest BCUT2D eigenvalue weighted by Crippen LogP contribution is -2.37. The van der Waals surface area contributed by atoms with Crippen molar-refractivity contribution in [3.05, 3.63) is 5.82 Å². The van der Waals surface area contributed by atoms with Gasteiger partial charge in [-0.1, -0.05) is 6.92 Å². The predicted octanol–water partition coefficient (Wildman–Crippen LogP) is 1.47.